The van der Waals surface area contributed by atoms with E-state index in [0.29, 0.717) is 17.4 Å². The van der Waals surface area contributed by atoms with Crippen LogP contribution < -0.4 is 4.74 Å². The molecule has 3 nitrogen and oxygen atoms in total. The highest BCUT2D eigenvalue weighted by Gasteiger charge is 2.32. The minimum atomic E-state index is -0.366. The molecule has 2 aromatic rings. The Morgan fingerprint density at radius 3 is 2.50 bits per heavy atom. The van der Waals surface area contributed by atoms with Crippen LogP contribution in [0.1, 0.15) is 37.7 Å². The molecule has 3 rings (SSSR count). The molecular formula is C20H21ClO3. The summed E-state index contributed by atoms with van der Waals surface area (Å²) in [7, 11) is 0. The Bertz CT molecular complexity index is 669. The van der Waals surface area contributed by atoms with Crippen molar-refractivity contribution in [2.45, 2.75) is 44.5 Å². The van der Waals surface area contributed by atoms with Crippen molar-refractivity contribution in [3.63, 3.8) is 0 Å². The summed E-state index contributed by atoms with van der Waals surface area (Å²) >= 11 is 5.91. The summed E-state index contributed by atoms with van der Waals surface area (Å²) < 4.78 is 12.0. The molecule has 24 heavy (non-hydrogen) atoms. The predicted molar refractivity (Wildman–Crippen MR) is 94.5 cm³/mol. The molecule has 1 saturated heterocycles. The number of hydrogen-bond donors (Lipinski definition) is 0. The molecule has 0 aliphatic carbocycles. The molecule has 0 spiro atoms. The Labute approximate surface area is 147 Å². The SMILES string of the molecule is CC(=O)CC1CC(c2ccccc2)CC(Oc2ccc(Cl)cc2)O1. The van der Waals surface area contributed by atoms with Crippen LogP contribution in [-0.2, 0) is 9.53 Å². The minimum absolute atomic E-state index is 0.112. The van der Waals surface area contributed by atoms with Crippen molar-refractivity contribution in [3.8, 4) is 5.75 Å². The van der Waals surface area contributed by atoms with E-state index in [0.717, 1.165) is 18.6 Å². The maximum atomic E-state index is 11.5. The molecule has 0 bridgehead atoms. The summed E-state index contributed by atoms with van der Waals surface area (Å²) in [6, 6.07) is 17.6. The zero-order valence-corrected chi connectivity index (χ0v) is 14.4. The van der Waals surface area contributed by atoms with E-state index in [4.69, 9.17) is 21.1 Å². The summed E-state index contributed by atoms with van der Waals surface area (Å²) in [4.78, 5) is 11.5. The molecule has 1 fully saturated rings. The molecule has 1 aliphatic heterocycles. The average molecular weight is 345 g/mol. The van der Waals surface area contributed by atoms with Crippen molar-refractivity contribution in [3.05, 3.63) is 65.2 Å². The second kappa shape index (κ2) is 7.82. The first kappa shape index (κ1) is 17.0. The van der Waals surface area contributed by atoms with Crippen LogP contribution in [0, 0.1) is 0 Å². The van der Waals surface area contributed by atoms with Crippen LogP contribution in [0.5, 0.6) is 5.75 Å². The summed E-state index contributed by atoms with van der Waals surface area (Å²) in [5.41, 5.74) is 1.26. The van der Waals surface area contributed by atoms with Crippen molar-refractivity contribution in [2.24, 2.45) is 0 Å². The van der Waals surface area contributed by atoms with Crippen LogP contribution in [-0.4, -0.2) is 18.2 Å². The first-order chi connectivity index (χ1) is 11.6. The quantitative estimate of drug-likeness (QED) is 0.766. The van der Waals surface area contributed by atoms with Crippen molar-refractivity contribution < 1.29 is 14.3 Å². The molecule has 1 aliphatic rings. The van der Waals surface area contributed by atoms with E-state index < -0.39 is 0 Å². The molecule has 0 amide bonds. The number of Topliss-reactive ketones (excluding diaryl/α,β-unsaturated/α-hetero) is 1. The lowest BCUT2D eigenvalue weighted by Crippen LogP contribution is -2.36. The van der Waals surface area contributed by atoms with E-state index in [1.54, 1.807) is 19.1 Å². The molecule has 0 saturated carbocycles. The van der Waals surface area contributed by atoms with Crippen molar-refractivity contribution in [2.75, 3.05) is 0 Å². The largest absolute Gasteiger partial charge is 0.465 e. The van der Waals surface area contributed by atoms with Crippen LogP contribution in [0.25, 0.3) is 0 Å². The van der Waals surface area contributed by atoms with Gasteiger partial charge in [-0.2, -0.15) is 0 Å². The summed E-state index contributed by atoms with van der Waals surface area (Å²) in [6.45, 7) is 1.60. The fourth-order valence-electron chi connectivity index (χ4n) is 3.16. The van der Waals surface area contributed by atoms with Crippen molar-refractivity contribution in [1.29, 1.82) is 0 Å². The van der Waals surface area contributed by atoms with Gasteiger partial charge in [-0.15, -0.1) is 0 Å². The van der Waals surface area contributed by atoms with Gasteiger partial charge in [-0.25, -0.2) is 0 Å². The van der Waals surface area contributed by atoms with Crippen LogP contribution in [0.3, 0.4) is 0 Å². The van der Waals surface area contributed by atoms with E-state index >= 15 is 0 Å². The van der Waals surface area contributed by atoms with E-state index in [1.807, 2.05) is 30.3 Å². The first-order valence-electron chi connectivity index (χ1n) is 8.22. The van der Waals surface area contributed by atoms with Gasteiger partial charge in [0.25, 0.3) is 0 Å². The second-order valence-corrected chi connectivity index (χ2v) is 6.68. The Morgan fingerprint density at radius 2 is 1.83 bits per heavy atom. The minimum Gasteiger partial charge on any atom is -0.465 e. The number of benzene rings is 2. The molecule has 0 radical (unpaired) electrons. The Morgan fingerprint density at radius 1 is 1.12 bits per heavy atom. The van der Waals surface area contributed by atoms with Gasteiger partial charge in [0.15, 0.2) is 0 Å². The Balaban J connectivity index is 1.74. The van der Waals surface area contributed by atoms with E-state index in [9.17, 15) is 4.79 Å². The molecule has 0 N–H and O–H groups in total. The van der Waals surface area contributed by atoms with Crippen LogP contribution in [0.15, 0.2) is 54.6 Å². The Kier molecular flexibility index (Phi) is 5.54. The van der Waals surface area contributed by atoms with Gasteiger partial charge in [0.2, 0.25) is 6.29 Å². The summed E-state index contributed by atoms with van der Waals surface area (Å²) in [6.07, 6.45) is 1.54. The lowest BCUT2D eigenvalue weighted by atomic mass is 9.86. The average Bonchev–Trinajstić information content (AvgIpc) is 2.57. The number of carbonyl (C=O) groups is 1. The highest BCUT2D eigenvalue weighted by atomic mass is 35.5. The Hall–Kier alpha value is -1.84. The van der Waals surface area contributed by atoms with E-state index in [1.165, 1.54) is 5.56 Å². The fraction of sp³-hybridized carbons (Fsp3) is 0.350. The molecular weight excluding hydrogens is 324 g/mol. The number of ketones is 1. The van der Waals surface area contributed by atoms with Crippen molar-refractivity contribution >= 4 is 17.4 Å². The predicted octanol–water partition coefficient (Wildman–Crippen LogP) is 4.99. The number of halogens is 1. The lowest BCUT2D eigenvalue weighted by molar-refractivity contribution is -0.158. The zero-order chi connectivity index (χ0) is 16.9. The second-order valence-electron chi connectivity index (χ2n) is 6.24. The van der Waals surface area contributed by atoms with Gasteiger partial charge >= 0.3 is 0 Å². The van der Waals surface area contributed by atoms with Gasteiger partial charge in [-0.3, -0.25) is 4.79 Å². The monoisotopic (exact) mass is 344 g/mol. The van der Waals surface area contributed by atoms with E-state index in [-0.39, 0.29) is 18.2 Å². The highest BCUT2D eigenvalue weighted by molar-refractivity contribution is 6.30. The third kappa shape index (κ3) is 4.59. The summed E-state index contributed by atoms with van der Waals surface area (Å²) in [5.74, 6) is 1.18. The zero-order valence-electron chi connectivity index (χ0n) is 13.7. The lowest BCUT2D eigenvalue weighted by Gasteiger charge is -2.35. The third-order valence-electron chi connectivity index (χ3n) is 4.24. The highest BCUT2D eigenvalue weighted by Crippen LogP contribution is 2.35. The summed E-state index contributed by atoms with van der Waals surface area (Å²) in [5, 5.41) is 0.670. The van der Waals surface area contributed by atoms with Gasteiger partial charge in [0, 0.05) is 17.9 Å². The molecule has 0 aromatic heterocycles. The maximum Gasteiger partial charge on any atom is 0.200 e. The van der Waals surface area contributed by atoms with Gasteiger partial charge in [0.05, 0.1) is 6.10 Å². The molecule has 1 heterocycles. The molecule has 3 unspecified atom stereocenters. The molecule has 126 valence electrons. The van der Waals surface area contributed by atoms with Gasteiger partial charge in [-0.05, 0) is 49.1 Å². The van der Waals surface area contributed by atoms with Crippen molar-refractivity contribution in [1.82, 2.24) is 0 Å². The van der Waals surface area contributed by atoms with Crippen LogP contribution in [0.2, 0.25) is 5.02 Å². The molecule has 4 heteroatoms. The van der Waals surface area contributed by atoms with Gasteiger partial charge < -0.3 is 9.47 Å². The van der Waals surface area contributed by atoms with E-state index in [2.05, 4.69) is 12.1 Å². The smallest absolute Gasteiger partial charge is 0.200 e. The van der Waals surface area contributed by atoms with Crippen LogP contribution in [0.4, 0.5) is 0 Å². The van der Waals surface area contributed by atoms with Gasteiger partial charge in [-0.1, -0.05) is 41.9 Å². The molecule has 3 atom stereocenters. The molecule has 2 aromatic carbocycles. The number of ether oxygens (including phenoxy) is 2. The fourth-order valence-corrected chi connectivity index (χ4v) is 3.29. The number of carbonyl (C=O) groups excluding carboxylic acids is 1. The van der Waals surface area contributed by atoms with Gasteiger partial charge in [0.1, 0.15) is 11.5 Å². The normalized spacial score (nSPS) is 23.7. The topological polar surface area (TPSA) is 35.5 Å². The standard InChI is InChI=1S/C20H21ClO3/c1-14(22)11-19-12-16(15-5-3-2-4-6-15)13-20(24-19)23-18-9-7-17(21)8-10-18/h2-10,16,19-20H,11-13H2,1H3. The van der Waals surface area contributed by atoms with Crippen LogP contribution >= 0.6 is 11.6 Å². The third-order valence-corrected chi connectivity index (χ3v) is 4.49. The maximum absolute atomic E-state index is 11.5. The first-order valence-corrected chi connectivity index (χ1v) is 8.60. The number of rotatable bonds is 5. The number of hydrogen-bond acceptors (Lipinski definition) is 3.